The lowest BCUT2D eigenvalue weighted by atomic mass is 9.92. The van der Waals surface area contributed by atoms with E-state index in [1.807, 2.05) is 20.8 Å². The summed E-state index contributed by atoms with van der Waals surface area (Å²) in [5.41, 5.74) is 1.56. The van der Waals surface area contributed by atoms with Gasteiger partial charge in [0, 0.05) is 29.6 Å². The standard InChI is InChI=1S/C36H36ClF4N9O3/c1-36(2,3)15-16-43-34(42)49(32(51)23-11-9-22(10-12-23)25-18-45-48(19-25)33(40)41)29(20-53-35(52)47-26-7-5-4-6-8-26)24-13-14-27(37)28(17-24)50-31(30(38)39)44-21-46-50/h4-14,17-19,21,29-30,33H,15-16,20H2,1-3H3,(H2,42,43)(H,47,52)/t29-/m1/s1. The largest absolute Gasteiger partial charge is 0.447 e. The number of guanidine groups is 1. The number of nitrogens with one attached hydrogen (secondary N) is 3. The quantitative estimate of drug-likeness (QED) is 0.0659. The van der Waals surface area contributed by atoms with E-state index in [4.69, 9.17) is 21.7 Å². The number of alkyl halides is 4. The van der Waals surface area contributed by atoms with Crippen molar-refractivity contribution in [2.75, 3.05) is 18.5 Å². The number of halogens is 5. The topological polar surface area (TPSA) is 143 Å². The summed E-state index contributed by atoms with van der Waals surface area (Å²) in [5.74, 6) is -1.72. The number of carbonyl (C=O) groups is 2. The third kappa shape index (κ3) is 9.77. The third-order valence-electron chi connectivity index (χ3n) is 7.95. The van der Waals surface area contributed by atoms with Gasteiger partial charge < -0.3 is 10.1 Å². The molecular formula is C36H36ClF4N9O3. The Morgan fingerprint density at radius 3 is 2.34 bits per heavy atom. The summed E-state index contributed by atoms with van der Waals surface area (Å²) in [4.78, 5) is 32.2. The third-order valence-corrected chi connectivity index (χ3v) is 8.27. The summed E-state index contributed by atoms with van der Waals surface area (Å²) >= 11 is 6.47. The average Bonchev–Trinajstić information content (AvgIpc) is 3.82. The summed E-state index contributed by atoms with van der Waals surface area (Å²) in [7, 11) is 0. The van der Waals surface area contributed by atoms with Crippen LogP contribution in [0.25, 0.3) is 16.8 Å². The van der Waals surface area contributed by atoms with Crippen LogP contribution in [0.2, 0.25) is 5.02 Å². The lowest BCUT2D eigenvalue weighted by Gasteiger charge is -2.33. The molecule has 0 unspecified atom stereocenters. The van der Waals surface area contributed by atoms with Gasteiger partial charge >= 0.3 is 12.6 Å². The maximum absolute atomic E-state index is 14.5. The van der Waals surface area contributed by atoms with Gasteiger partial charge in [-0.2, -0.15) is 19.0 Å². The summed E-state index contributed by atoms with van der Waals surface area (Å²) in [5, 5.41) is 22.3. The van der Waals surface area contributed by atoms with E-state index in [1.54, 1.807) is 42.5 Å². The normalized spacial score (nSPS) is 12.1. The molecule has 0 bridgehead atoms. The molecule has 12 nitrogen and oxygen atoms in total. The number of nitrogens with zero attached hydrogens (tertiary/aromatic N) is 6. The first kappa shape index (κ1) is 38.5. The molecule has 2 heterocycles. The number of hydrogen-bond donors (Lipinski definition) is 3. The van der Waals surface area contributed by atoms with E-state index in [0.29, 0.717) is 34.5 Å². The molecule has 3 N–H and O–H groups in total. The molecule has 0 aliphatic heterocycles. The van der Waals surface area contributed by atoms with E-state index in [2.05, 4.69) is 25.8 Å². The van der Waals surface area contributed by atoms with E-state index in [0.717, 1.165) is 15.9 Å². The molecule has 0 aliphatic rings. The zero-order valence-electron chi connectivity index (χ0n) is 28.8. The summed E-state index contributed by atoms with van der Waals surface area (Å²) in [6.45, 7) is 3.01. The van der Waals surface area contributed by atoms with E-state index < -0.39 is 43.4 Å². The van der Waals surface area contributed by atoms with Crippen molar-refractivity contribution in [1.29, 1.82) is 5.41 Å². The highest BCUT2D eigenvalue weighted by Gasteiger charge is 2.33. The average molecular weight is 754 g/mol. The SMILES string of the molecule is CC(C)(C)CCNC(=N)N(C(=O)c1ccc(-c2cnn(C(F)F)c2)cc1)[C@H](COC(=O)Nc1ccccc1)c1ccc(Cl)c(-n2ncnc2C(F)F)c1. The number of ether oxygens (including phenoxy) is 1. The fourth-order valence-electron chi connectivity index (χ4n) is 5.21. The van der Waals surface area contributed by atoms with Gasteiger partial charge in [0.1, 0.15) is 12.9 Å². The fourth-order valence-corrected chi connectivity index (χ4v) is 5.41. The van der Waals surface area contributed by atoms with E-state index in [-0.39, 0.29) is 33.2 Å². The lowest BCUT2D eigenvalue weighted by Crippen LogP contribution is -2.48. The molecule has 0 saturated heterocycles. The fraction of sp³-hybridized carbons (Fsp3) is 0.278. The molecule has 0 spiro atoms. The molecule has 0 fully saturated rings. The highest BCUT2D eigenvalue weighted by Crippen LogP contribution is 2.32. The number of anilines is 1. The van der Waals surface area contributed by atoms with Crippen molar-refractivity contribution < 1.29 is 31.9 Å². The second kappa shape index (κ2) is 16.7. The number of aromatic nitrogens is 5. The first-order valence-corrected chi connectivity index (χ1v) is 16.6. The van der Waals surface area contributed by atoms with Gasteiger partial charge in [0.25, 0.3) is 12.3 Å². The molecule has 2 aromatic heterocycles. The molecule has 3 aromatic carbocycles. The van der Waals surface area contributed by atoms with Crippen molar-refractivity contribution in [2.24, 2.45) is 5.41 Å². The Morgan fingerprint density at radius 2 is 1.70 bits per heavy atom. The number of carbonyl (C=O) groups excluding carboxylic acids is 2. The van der Waals surface area contributed by atoms with E-state index in [9.17, 15) is 27.2 Å². The van der Waals surface area contributed by atoms with E-state index in [1.165, 1.54) is 42.7 Å². The second-order valence-electron chi connectivity index (χ2n) is 13.0. The summed E-state index contributed by atoms with van der Waals surface area (Å²) < 4.78 is 61.0. The predicted octanol–water partition coefficient (Wildman–Crippen LogP) is 8.51. The molecule has 2 amide bonds. The van der Waals surface area contributed by atoms with Crippen LogP contribution < -0.4 is 10.6 Å². The smallest absolute Gasteiger partial charge is 0.411 e. The Bertz CT molecular complexity index is 2030. The van der Waals surface area contributed by atoms with Crippen LogP contribution in [0.3, 0.4) is 0 Å². The molecule has 0 radical (unpaired) electrons. The molecule has 0 saturated carbocycles. The van der Waals surface area contributed by atoms with Gasteiger partial charge in [-0.05, 0) is 59.4 Å². The first-order valence-electron chi connectivity index (χ1n) is 16.3. The molecule has 0 aliphatic carbocycles. The second-order valence-corrected chi connectivity index (χ2v) is 13.4. The number of amides is 2. The van der Waals surface area contributed by atoms with Gasteiger partial charge in [0.05, 0.1) is 22.9 Å². The van der Waals surface area contributed by atoms with Crippen LogP contribution in [0.4, 0.5) is 28.0 Å². The Hall–Kier alpha value is -5.77. The Morgan fingerprint density at radius 1 is 0.981 bits per heavy atom. The molecule has 278 valence electrons. The maximum Gasteiger partial charge on any atom is 0.411 e. The Kier molecular flexibility index (Phi) is 12.1. The first-order chi connectivity index (χ1) is 25.2. The van der Waals surface area contributed by atoms with Gasteiger partial charge in [-0.3, -0.25) is 20.4 Å². The van der Waals surface area contributed by atoms with Gasteiger partial charge in [-0.15, -0.1) is 0 Å². The number of hydrogen-bond acceptors (Lipinski definition) is 7. The monoisotopic (exact) mass is 753 g/mol. The predicted molar refractivity (Wildman–Crippen MR) is 190 cm³/mol. The molecule has 5 rings (SSSR count). The minimum absolute atomic E-state index is 0.00372. The Labute approximate surface area is 307 Å². The molecule has 53 heavy (non-hydrogen) atoms. The van der Waals surface area contributed by atoms with Crippen molar-refractivity contribution in [3.8, 4) is 16.8 Å². The van der Waals surface area contributed by atoms with Crippen LogP contribution in [-0.4, -0.2) is 60.6 Å². The molecule has 17 heteroatoms. The number of para-hydroxylation sites is 1. The lowest BCUT2D eigenvalue weighted by molar-refractivity contribution is 0.0566. The van der Waals surface area contributed by atoms with Crippen LogP contribution in [0.15, 0.2) is 91.5 Å². The number of benzene rings is 3. The Balaban J connectivity index is 1.56. The van der Waals surface area contributed by atoms with Crippen molar-refractivity contribution in [3.05, 3.63) is 113 Å². The van der Waals surface area contributed by atoms with Gasteiger partial charge in [0.15, 0.2) is 11.8 Å². The van der Waals surface area contributed by atoms with Crippen molar-refractivity contribution in [3.63, 3.8) is 0 Å². The van der Waals surface area contributed by atoms with Crippen LogP contribution in [0.5, 0.6) is 0 Å². The maximum atomic E-state index is 14.5. The minimum Gasteiger partial charge on any atom is -0.447 e. The van der Waals surface area contributed by atoms with Crippen LogP contribution >= 0.6 is 11.6 Å². The van der Waals surface area contributed by atoms with Crippen LogP contribution in [0, 0.1) is 10.8 Å². The van der Waals surface area contributed by atoms with Gasteiger partial charge in [-0.25, -0.2) is 27.9 Å². The zero-order chi connectivity index (χ0) is 38.3. The molecule has 1 atom stereocenters. The summed E-state index contributed by atoms with van der Waals surface area (Å²) in [6.07, 6.45) is 0.149. The highest BCUT2D eigenvalue weighted by molar-refractivity contribution is 6.32. The van der Waals surface area contributed by atoms with Crippen molar-refractivity contribution in [1.82, 2.24) is 34.8 Å². The number of rotatable bonds is 12. The van der Waals surface area contributed by atoms with E-state index >= 15 is 0 Å². The van der Waals surface area contributed by atoms with Crippen molar-refractivity contribution in [2.45, 2.75) is 46.2 Å². The minimum atomic E-state index is -3.00. The van der Waals surface area contributed by atoms with Crippen molar-refractivity contribution >= 4 is 35.2 Å². The zero-order valence-corrected chi connectivity index (χ0v) is 29.6. The van der Waals surface area contributed by atoms with Gasteiger partial charge in [0.2, 0.25) is 0 Å². The molecular weight excluding hydrogens is 718 g/mol. The van der Waals surface area contributed by atoms with Crippen LogP contribution in [-0.2, 0) is 4.74 Å². The highest BCUT2D eigenvalue weighted by atomic mass is 35.5. The summed E-state index contributed by atoms with van der Waals surface area (Å²) in [6, 6.07) is 17.6. The van der Waals surface area contributed by atoms with Gasteiger partial charge in [-0.1, -0.05) is 68.8 Å². The van der Waals surface area contributed by atoms with Crippen LogP contribution in [0.1, 0.15) is 68.0 Å². The molecule has 5 aromatic rings.